The molecule has 0 unspecified atom stereocenters. The van der Waals surface area contributed by atoms with E-state index in [-0.39, 0.29) is 5.78 Å². The predicted octanol–water partition coefficient (Wildman–Crippen LogP) is 5.28. The van der Waals surface area contributed by atoms with Crippen LogP contribution in [0.1, 0.15) is 28.8 Å². The summed E-state index contributed by atoms with van der Waals surface area (Å²) < 4.78 is 0. The lowest BCUT2D eigenvalue weighted by atomic mass is 9.79. The van der Waals surface area contributed by atoms with E-state index in [0.29, 0.717) is 21.7 Å². The van der Waals surface area contributed by atoms with E-state index in [1.165, 1.54) is 11.8 Å². The van der Waals surface area contributed by atoms with Crippen molar-refractivity contribution >= 4 is 29.1 Å². The molecule has 0 bridgehead atoms. The molecule has 0 aliphatic carbocycles. The van der Waals surface area contributed by atoms with Crippen molar-refractivity contribution in [2.24, 2.45) is 0 Å². The van der Waals surface area contributed by atoms with Crippen molar-refractivity contribution < 1.29 is 4.79 Å². The number of carbonyl (C=O) groups is 1. The summed E-state index contributed by atoms with van der Waals surface area (Å²) in [6.07, 6.45) is 1.90. The molecular weight excluding hydrogens is 364 g/mol. The highest BCUT2D eigenvalue weighted by atomic mass is 35.5. The molecule has 0 fully saturated rings. The fourth-order valence-corrected chi connectivity index (χ4v) is 4.02. The van der Waals surface area contributed by atoms with Crippen molar-refractivity contribution in [3.05, 3.63) is 92.6 Å². The van der Waals surface area contributed by atoms with E-state index in [1.54, 1.807) is 18.2 Å². The quantitative estimate of drug-likeness (QED) is 0.733. The molecule has 5 heteroatoms. The molecule has 26 heavy (non-hydrogen) atoms. The molecule has 3 nitrogen and oxygen atoms in total. The van der Waals surface area contributed by atoms with Gasteiger partial charge in [0.1, 0.15) is 0 Å². The molecule has 1 aliphatic heterocycles. The van der Waals surface area contributed by atoms with Crippen LogP contribution >= 0.6 is 23.4 Å². The van der Waals surface area contributed by atoms with Gasteiger partial charge in [-0.3, -0.25) is 4.79 Å². The van der Waals surface area contributed by atoms with Gasteiger partial charge in [0.2, 0.25) is 0 Å². The summed E-state index contributed by atoms with van der Waals surface area (Å²) in [6.45, 7) is 1.87. The molecule has 1 N–H and O–H groups in total. The number of nitriles is 1. The topological polar surface area (TPSA) is 52.9 Å². The standard InChI is InChI=1S/C21H17ClN2OS/c1-13-18(20(25)14-8-4-3-5-9-14)19(15-10-6-7-11-17(15)22)16(12-23)21(24-13)26-2/h3-11,19,24H,1-2H3/t19-/m0/s1. The third-order valence-electron chi connectivity index (χ3n) is 4.35. The summed E-state index contributed by atoms with van der Waals surface area (Å²) in [5.41, 5.74) is 3.16. The molecule has 2 aromatic carbocycles. The van der Waals surface area contributed by atoms with Crippen molar-refractivity contribution in [3.8, 4) is 6.07 Å². The third-order valence-corrected chi connectivity index (χ3v) is 5.42. The van der Waals surface area contributed by atoms with Gasteiger partial charge in [0.15, 0.2) is 5.78 Å². The molecule has 130 valence electrons. The number of ketones is 1. The van der Waals surface area contributed by atoms with Crippen LogP contribution < -0.4 is 5.32 Å². The summed E-state index contributed by atoms with van der Waals surface area (Å²) in [6, 6.07) is 18.8. The van der Waals surface area contributed by atoms with E-state index in [0.717, 1.165) is 16.3 Å². The fourth-order valence-electron chi connectivity index (χ4n) is 3.14. The first-order valence-electron chi connectivity index (χ1n) is 8.08. The number of hydrogen-bond donors (Lipinski definition) is 1. The van der Waals surface area contributed by atoms with Gasteiger partial charge in [0, 0.05) is 21.9 Å². The van der Waals surface area contributed by atoms with Gasteiger partial charge in [0.05, 0.1) is 22.6 Å². The summed E-state index contributed by atoms with van der Waals surface area (Å²) in [5.74, 6) is -0.599. The van der Waals surface area contributed by atoms with Gasteiger partial charge in [-0.15, -0.1) is 11.8 Å². The zero-order valence-electron chi connectivity index (χ0n) is 14.4. The number of halogens is 1. The molecule has 0 radical (unpaired) electrons. The Labute approximate surface area is 162 Å². The second-order valence-corrected chi connectivity index (χ2v) is 7.10. The van der Waals surface area contributed by atoms with E-state index in [4.69, 9.17) is 11.6 Å². The van der Waals surface area contributed by atoms with Crippen LogP contribution in [0.15, 0.2) is 76.5 Å². The first-order valence-corrected chi connectivity index (χ1v) is 9.69. The van der Waals surface area contributed by atoms with Gasteiger partial charge in [-0.1, -0.05) is 60.1 Å². The van der Waals surface area contributed by atoms with Crippen molar-refractivity contribution in [3.63, 3.8) is 0 Å². The molecule has 2 aromatic rings. The van der Waals surface area contributed by atoms with Gasteiger partial charge in [0.25, 0.3) is 0 Å². The van der Waals surface area contributed by atoms with E-state index < -0.39 is 5.92 Å². The maximum absolute atomic E-state index is 13.3. The Bertz CT molecular complexity index is 957. The van der Waals surface area contributed by atoms with Crippen LogP contribution in [0.25, 0.3) is 0 Å². The maximum Gasteiger partial charge on any atom is 0.191 e. The molecule has 1 atom stereocenters. The zero-order chi connectivity index (χ0) is 18.7. The highest BCUT2D eigenvalue weighted by Gasteiger charge is 2.35. The monoisotopic (exact) mass is 380 g/mol. The summed E-state index contributed by atoms with van der Waals surface area (Å²) in [4.78, 5) is 13.3. The zero-order valence-corrected chi connectivity index (χ0v) is 16.0. The van der Waals surface area contributed by atoms with Gasteiger partial charge in [-0.2, -0.15) is 5.26 Å². The Morgan fingerprint density at radius 2 is 1.81 bits per heavy atom. The second kappa shape index (κ2) is 7.82. The first-order chi connectivity index (χ1) is 12.6. The smallest absolute Gasteiger partial charge is 0.191 e. The highest BCUT2D eigenvalue weighted by molar-refractivity contribution is 8.02. The fraction of sp³-hybridized carbons (Fsp3) is 0.143. The summed E-state index contributed by atoms with van der Waals surface area (Å²) >= 11 is 7.89. The number of hydrogen-bond acceptors (Lipinski definition) is 4. The Morgan fingerprint density at radius 1 is 1.15 bits per heavy atom. The van der Waals surface area contributed by atoms with E-state index in [1.807, 2.05) is 49.6 Å². The van der Waals surface area contributed by atoms with Crippen LogP contribution in [-0.2, 0) is 0 Å². The number of Topliss-reactive ketones (excluding diaryl/α,β-unsaturated/α-hetero) is 1. The van der Waals surface area contributed by atoms with Crippen molar-refractivity contribution in [2.75, 3.05) is 6.26 Å². The Balaban J connectivity index is 2.22. The Hall–Kier alpha value is -2.48. The van der Waals surface area contributed by atoms with Crippen LogP contribution in [0.2, 0.25) is 5.02 Å². The van der Waals surface area contributed by atoms with Crippen LogP contribution in [0, 0.1) is 11.3 Å². The number of dihydropyridines is 1. The molecule has 0 spiro atoms. The van der Waals surface area contributed by atoms with Crippen molar-refractivity contribution in [1.29, 1.82) is 5.26 Å². The van der Waals surface area contributed by atoms with E-state index >= 15 is 0 Å². The van der Waals surface area contributed by atoms with Crippen LogP contribution in [0.5, 0.6) is 0 Å². The Kier molecular flexibility index (Phi) is 5.51. The minimum Gasteiger partial charge on any atom is -0.353 e. The second-order valence-electron chi connectivity index (χ2n) is 5.87. The number of nitrogens with zero attached hydrogens (tertiary/aromatic N) is 1. The van der Waals surface area contributed by atoms with Crippen molar-refractivity contribution in [2.45, 2.75) is 12.8 Å². The summed E-state index contributed by atoms with van der Waals surface area (Å²) in [7, 11) is 0. The van der Waals surface area contributed by atoms with Gasteiger partial charge in [-0.25, -0.2) is 0 Å². The number of allylic oxidation sites excluding steroid dienone is 3. The number of carbonyl (C=O) groups excluding carboxylic acids is 1. The van der Waals surface area contributed by atoms with Crippen molar-refractivity contribution in [1.82, 2.24) is 5.32 Å². The molecule has 1 aliphatic rings. The van der Waals surface area contributed by atoms with Gasteiger partial charge < -0.3 is 5.32 Å². The van der Waals surface area contributed by atoms with Crippen LogP contribution in [0.4, 0.5) is 0 Å². The van der Waals surface area contributed by atoms with Gasteiger partial charge in [-0.05, 0) is 24.8 Å². The molecule has 0 saturated carbocycles. The lowest BCUT2D eigenvalue weighted by Crippen LogP contribution is -2.28. The molecule has 0 aromatic heterocycles. The van der Waals surface area contributed by atoms with Crippen LogP contribution in [-0.4, -0.2) is 12.0 Å². The van der Waals surface area contributed by atoms with Gasteiger partial charge >= 0.3 is 0 Å². The number of nitrogens with one attached hydrogen (secondary N) is 1. The van der Waals surface area contributed by atoms with E-state index in [9.17, 15) is 10.1 Å². The molecular formula is C21H17ClN2OS. The average Bonchev–Trinajstić information content (AvgIpc) is 2.67. The van der Waals surface area contributed by atoms with Crippen LogP contribution in [0.3, 0.4) is 0 Å². The predicted molar refractivity (Wildman–Crippen MR) is 107 cm³/mol. The molecule has 3 rings (SSSR count). The number of benzene rings is 2. The number of thioether (sulfide) groups is 1. The minimum absolute atomic E-state index is 0.103. The first kappa shape index (κ1) is 18.3. The minimum atomic E-state index is -0.495. The lowest BCUT2D eigenvalue weighted by molar-refractivity contribution is 0.102. The third kappa shape index (κ3) is 3.29. The van der Waals surface area contributed by atoms with E-state index in [2.05, 4.69) is 11.4 Å². The highest BCUT2D eigenvalue weighted by Crippen LogP contribution is 2.43. The molecule has 0 amide bonds. The molecule has 1 heterocycles. The number of rotatable bonds is 4. The lowest BCUT2D eigenvalue weighted by Gasteiger charge is -2.30. The largest absolute Gasteiger partial charge is 0.353 e. The Morgan fingerprint density at radius 3 is 2.42 bits per heavy atom. The normalized spacial score (nSPS) is 16.9. The average molecular weight is 381 g/mol. The summed E-state index contributed by atoms with van der Waals surface area (Å²) in [5, 5.41) is 14.3. The maximum atomic E-state index is 13.3. The SMILES string of the molecule is CSC1=C(C#N)[C@H](c2ccccc2Cl)C(C(=O)c2ccccc2)=C(C)N1. The molecule has 0 saturated heterocycles.